The Hall–Kier alpha value is -5.80. The molecule has 3 aromatic rings. The third-order valence-electron chi connectivity index (χ3n) is 9.56. The van der Waals surface area contributed by atoms with Crippen molar-refractivity contribution in [2.45, 2.75) is 71.1 Å². The smallest absolute Gasteiger partial charge is 0.252 e. The fourth-order valence-corrected chi connectivity index (χ4v) is 6.51. The number of nitrogens with two attached hydrogens (primary N) is 2. The van der Waals surface area contributed by atoms with E-state index >= 15 is 0 Å². The molecule has 0 aliphatic carbocycles. The van der Waals surface area contributed by atoms with Crippen LogP contribution in [0.2, 0.25) is 0 Å². The number of fused-ring (bicyclic) bond motifs is 5. The van der Waals surface area contributed by atoms with Crippen molar-refractivity contribution in [2.75, 3.05) is 40.4 Å². The van der Waals surface area contributed by atoms with Gasteiger partial charge in [0.25, 0.3) is 5.91 Å². The first-order valence-electron chi connectivity index (χ1n) is 18.6. The van der Waals surface area contributed by atoms with Crippen molar-refractivity contribution >= 4 is 35.3 Å². The molecule has 1 aliphatic heterocycles. The molecule has 15 nitrogen and oxygen atoms in total. The van der Waals surface area contributed by atoms with Gasteiger partial charge >= 0.3 is 0 Å². The summed E-state index contributed by atoms with van der Waals surface area (Å²) in [6.07, 6.45) is -0.0287. The fourth-order valence-electron chi connectivity index (χ4n) is 6.51. The normalized spacial score (nSPS) is 17.3. The number of hydrogen-bond acceptors (Lipinski definition) is 10. The summed E-state index contributed by atoms with van der Waals surface area (Å²) in [5.41, 5.74) is 15.7. The first-order valence-corrected chi connectivity index (χ1v) is 18.6. The minimum atomic E-state index is -1.37. The van der Waals surface area contributed by atoms with Crippen molar-refractivity contribution in [1.82, 2.24) is 26.2 Å². The Morgan fingerprint density at radius 1 is 0.893 bits per heavy atom. The molecule has 0 spiro atoms. The molecule has 5 amide bonds. The van der Waals surface area contributed by atoms with Crippen LogP contribution in [0.15, 0.2) is 54.6 Å². The average molecular weight is 772 g/mol. The fraction of sp³-hybridized carbons (Fsp3) is 0.415. The van der Waals surface area contributed by atoms with Gasteiger partial charge in [-0.2, -0.15) is 0 Å². The molecule has 0 saturated heterocycles. The van der Waals surface area contributed by atoms with E-state index in [2.05, 4.69) is 21.3 Å². The number of hydrogen-bond donors (Lipinski definition) is 6. The second kappa shape index (κ2) is 19.7. The second-order valence-electron chi connectivity index (χ2n) is 13.9. The van der Waals surface area contributed by atoms with E-state index in [9.17, 15) is 28.8 Å². The number of ketones is 1. The van der Waals surface area contributed by atoms with Gasteiger partial charge in [0, 0.05) is 50.3 Å². The van der Waals surface area contributed by atoms with Crippen molar-refractivity contribution in [3.8, 4) is 22.6 Å². The zero-order valence-corrected chi connectivity index (χ0v) is 32.8. The molecule has 1 aliphatic rings. The van der Waals surface area contributed by atoms with Gasteiger partial charge in [0.2, 0.25) is 23.6 Å². The molecule has 0 unspecified atom stereocenters. The van der Waals surface area contributed by atoms with Crippen molar-refractivity contribution in [2.24, 2.45) is 11.5 Å². The highest BCUT2D eigenvalue weighted by molar-refractivity contribution is 6.00. The number of nitrogens with one attached hydrogen (secondary N) is 4. The third kappa shape index (κ3) is 10.7. The van der Waals surface area contributed by atoms with Crippen LogP contribution in [0, 0.1) is 13.8 Å². The first kappa shape index (κ1) is 42.9. The lowest BCUT2D eigenvalue weighted by Crippen LogP contribution is -2.54. The lowest BCUT2D eigenvalue weighted by molar-refractivity contribution is -0.141. The van der Waals surface area contributed by atoms with E-state index < -0.39 is 47.8 Å². The Labute approximate surface area is 327 Å². The number of benzene rings is 3. The molecule has 4 atom stereocenters. The Morgan fingerprint density at radius 3 is 2.14 bits per heavy atom. The zero-order chi connectivity index (χ0) is 41.1. The Morgan fingerprint density at radius 2 is 1.54 bits per heavy atom. The van der Waals surface area contributed by atoms with Gasteiger partial charge in [0.1, 0.15) is 42.8 Å². The number of Topliss-reactive ketones (excluding diaryl/α,β-unsaturated/α-hetero) is 1. The van der Waals surface area contributed by atoms with E-state index in [0.717, 1.165) is 5.56 Å². The summed E-state index contributed by atoms with van der Waals surface area (Å²) in [6.45, 7) is 7.31. The maximum Gasteiger partial charge on any atom is 0.252 e. The van der Waals surface area contributed by atoms with Crippen molar-refractivity contribution in [3.05, 3.63) is 82.4 Å². The number of carbonyl (C=O) groups excluding carboxylic acids is 6. The van der Waals surface area contributed by atoms with Gasteiger partial charge in [-0.25, -0.2) is 0 Å². The minimum absolute atomic E-state index is 0.0785. The lowest BCUT2D eigenvalue weighted by atomic mass is 9.93. The number of amides is 5. The molecular weight excluding hydrogens is 718 g/mol. The summed E-state index contributed by atoms with van der Waals surface area (Å²) in [6, 6.07) is 11.0. The van der Waals surface area contributed by atoms with Gasteiger partial charge in [-0.05, 0) is 87.6 Å². The number of carbonyl (C=O) groups is 6. The van der Waals surface area contributed by atoms with Crippen LogP contribution in [0.4, 0.5) is 0 Å². The van der Waals surface area contributed by atoms with E-state index in [0.29, 0.717) is 44.9 Å². The molecule has 56 heavy (non-hydrogen) atoms. The van der Waals surface area contributed by atoms with Gasteiger partial charge in [0.05, 0.1) is 6.04 Å². The third-order valence-corrected chi connectivity index (χ3v) is 9.56. The number of ether oxygens (including phenoxy) is 2. The number of nitrogens with zero attached hydrogens (tertiary/aromatic N) is 1. The largest absolute Gasteiger partial charge is 0.492 e. The maximum absolute atomic E-state index is 14.6. The molecular formula is C41H53N7O8. The number of aryl methyl sites for hydroxylation is 2. The summed E-state index contributed by atoms with van der Waals surface area (Å²) in [5.74, 6) is -2.32. The van der Waals surface area contributed by atoms with E-state index in [4.69, 9.17) is 20.9 Å². The van der Waals surface area contributed by atoms with E-state index in [-0.39, 0.29) is 57.3 Å². The van der Waals surface area contributed by atoms with Crippen LogP contribution in [0.3, 0.4) is 0 Å². The SMILES string of the molecule is CNC(=O)CC[C@H](NC(=O)c1ccc(C)cc1C)C(=O)N(C)[C@@H]1C(=O)N[C@@H](C)C(=O)N[C@H](C(C)=O)Cc2ccc(OCCN)c(c2)-c2cc1ccc2OCCN. The van der Waals surface area contributed by atoms with Gasteiger partial charge in [-0.15, -0.1) is 0 Å². The topological polar surface area (TPSA) is 224 Å². The van der Waals surface area contributed by atoms with Crippen molar-refractivity contribution in [3.63, 3.8) is 0 Å². The minimum Gasteiger partial charge on any atom is -0.492 e. The van der Waals surface area contributed by atoms with Crippen LogP contribution in [0.5, 0.6) is 11.5 Å². The highest BCUT2D eigenvalue weighted by Crippen LogP contribution is 2.40. The Bertz CT molecular complexity index is 1950. The van der Waals surface area contributed by atoms with Crippen molar-refractivity contribution in [1.29, 1.82) is 0 Å². The van der Waals surface area contributed by atoms with Gasteiger partial charge in [-0.3, -0.25) is 28.8 Å². The first-order chi connectivity index (χ1) is 26.7. The predicted octanol–water partition coefficient (Wildman–Crippen LogP) is 1.60. The van der Waals surface area contributed by atoms with E-state index in [1.165, 1.54) is 32.8 Å². The van der Waals surface area contributed by atoms with Crippen LogP contribution in [0.1, 0.15) is 65.3 Å². The molecule has 3 aromatic carbocycles. The predicted molar refractivity (Wildman–Crippen MR) is 211 cm³/mol. The molecule has 15 heteroatoms. The number of likely N-dealkylation sites (N-methyl/N-ethyl adjacent to an activating group) is 1. The van der Waals surface area contributed by atoms with Crippen LogP contribution in [-0.4, -0.2) is 98.7 Å². The van der Waals surface area contributed by atoms with Crippen LogP contribution >= 0.6 is 0 Å². The molecule has 0 aromatic heterocycles. The molecule has 8 N–H and O–H groups in total. The van der Waals surface area contributed by atoms with Crippen LogP contribution < -0.4 is 42.2 Å². The van der Waals surface area contributed by atoms with Crippen LogP contribution in [0.25, 0.3) is 11.1 Å². The molecule has 1 heterocycles. The zero-order valence-electron chi connectivity index (χ0n) is 32.8. The summed E-state index contributed by atoms with van der Waals surface area (Å²) < 4.78 is 12.1. The lowest BCUT2D eigenvalue weighted by Gasteiger charge is -2.32. The maximum atomic E-state index is 14.6. The second-order valence-corrected chi connectivity index (χ2v) is 13.9. The van der Waals surface area contributed by atoms with Gasteiger partial charge in [0.15, 0.2) is 5.78 Å². The standard InChI is InChI=1S/C41H53N7O8/c1-23-7-10-29(24(2)19-23)39(52)46-32(11-14-36(50)44-5)41(54)48(6)37-28-9-13-35(56-18-16-43)31(22-28)30-20-27(8-12-34(30)55-17-15-42)21-33(26(4)49)47-38(51)25(3)45-40(37)53/h7-10,12-13,19-20,22,25,32-33,37H,11,14-18,21,42-43H2,1-6H3,(H,44,50)(H,45,53)(H,46,52)(H,47,51)/t25-,32-,33-,37-/m0/s1. The van der Waals surface area contributed by atoms with Crippen molar-refractivity contribution < 1.29 is 38.2 Å². The molecule has 4 rings (SSSR count). The summed E-state index contributed by atoms with van der Waals surface area (Å²) >= 11 is 0. The van der Waals surface area contributed by atoms with Gasteiger partial charge in [-0.1, -0.05) is 29.8 Å². The van der Waals surface area contributed by atoms with Crippen LogP contribution in [-0.2, 0) is 30.4 Å². The quantitative estimate of drug-likeness (QED) is 0.139. The summed E-state index contributed by atoms with van der Waals surface area (Å²) in [4.78, 5) is 82.4. The molecule has 300 valence electrons. The molecule has 0 fully saturated rings. The Kier molecular flexibility index (Phi) is 15.1. The molecule has 0 saturated carbocycles. The Balaban J connectivity index is 1.90. The molecule has 0 radical (unpaired) electrons. The number of rotatable bonds is 14. The highest BCUT2D eigenvalue weighted by atomic mass is 16.5. The summed E-state index contributed by atoms with van der Waals surface area (Å²) in [7, 11) is 2.88. The monoisotopic (exact) mass is 771 g/mol. The van der Waals surface area contributed by atoms with Gasteiger partial charge < -0.3 is 47.1 Å². The highest BCUT2D eigenvalue weighted by Gasteiger charge is 2.36. The average Bonchev–Trinajstić information content (AvgIpc) is 3.16. The van der Waals surface area contributed by atoms with E-state index in [1.54, 1.807) is 49.4 Å². The molecule has 4 bridgehead atoms. The summed E-state index contributed by atoms with van der Waals surface area (Å²) in [5, 5.41) is 10.8. The van der Waals surface area contributed by atoms with E-state index in [1.807, 2.05) is 19.1 Å².